The summed E-state index contributed by atoms with van der Waals surface area (Å²) in [5.74, 6) is 0.535. The molecule has 1 aliphatic rings. The van der Waals surface area contributed by atoms with E-state index in [2.05, 4.69) is 20.6 Å². The third-order valence-corrected chi connectivity index (χ3v) is 5.27. The topological polar surface area (TPSA) is 87.2 Å². The van der Waals surface area contributed by atoms with Crippen molar-refractivity contribution in [2.24, 2.45) is 0 Å². The maximum absolute atomic E-state index is 12.9. The first kappa shape index (κ1) is 19.8. The number of hydrogen-bond donors (Lipinski definition) is 2. The lowest BCUT2D eigenvalue weighted by Crippen LogP contribution is -2.45. The molecule has 7 heteroatoms. The van der Waals surface area contributed by atoms with Gasteiger partial charge in [-0.05, 0) is 43.2 Å². The predicted molar refractivity (Wildman–Crippen MR) is 117 cm³/mol. The van der Waals surface area contributed by atoms with Crippen LogP contribution in [0.1, 0.15) is 36.5 Å². The Morgan fingerprint density at radius 3 is 2.73 bits per heavy atom. The molecular formula is C23H25N5O2. The lowest BCUT2D eigenvalue weighted by atomic mass is 10.0. The molecule has 3 aromatic rings. The zero-order valence-electron chi connectivity index (χ0n) is 17.0. The largest absolute Gasteiger partial charge is 0.350 e. The van der Waals surface area contributed by atoms with Crippen LogP contribution in [0.25, 0.3) is 10.9 Å². The zero-order chi connectivity index (χ0) is 20.9. The smallest absolute Gasteiger partial charge is 0.253 e. The Bertz CT molecular complexity index is 1050. The number of hydrogen-bond acceptors (Lipinski definition) is 5. The average Bonchev–Trinajstić information content (AvgIpc) is 2.79. The van der Waals surface area contributed by atoms with E-state index < -0.39 is 0 Å². The highest BCUT2D eigenvalue weighted by atomic mass is 16.2. The Morgan fingerprint density at radius 2 is 1.93 bits per heavy atom. The van der Waals surface area contributed by atoms with Gasteiger partial charge in [-0.3, -0.25) is 9.59 Å². The van der Waals surface area contributed by atoms with Crippen molar-refractivity contribution in [2.45, 2.75) is 32.2 Å². The number of likely N-dealkylation sites (tertiary alicyclic amines) is 1. The number of carbonyl (C=O) groups excluding carboxylic acids is 2. The van der Waals surface area contributed by atoms with E-state index in [0.29, 0.717) is 30.2 Å². The number of carbonyl (C=O) groups is 2. The lowest BCUT2D eigenvalue weighted by molar-refractivity contribution is -0.115. The van der Waals surface area contributed by atoms with E-state index in [1.165, 1.54) is 0 Å². The van der Waals surface area contributed by atoms with Crippen molar-refractivity contribution in [1.29, 1.82) is 0 Å². The molecule has 4 rings (SSSR count). The maximum Gasteiger partial charge on any atom is 0.253 e. The molecular weight excluding hydrogens is 378 g/mol. The highest BCUT2D eigenvalue weighted by Crippen LogP contribution is 2.19. The third kappa shape index (κ3) is 4.56. The second-order valence-corrected chi connectivity index (χ2v) is 7.47. The van der Waals surface area contributed by atoms with Crippen molar-refractivity contribution in [1.82, 2.24) is 14.9 Å². The number of amides is 2. The zero-order valence-corrected chi connectivity index (χ0v) is 17.0. The van der Waals surface area contributed by atoms with Crippen molar-refractivity contribution >= 4 is 34.4 Å². The molecule has 1 fully saturated rings. The average molecular weight is 403 g/mol. The van der Waals surface area contributed by atoms with Crippen LogP contribution in [-0.2, 0) is 4.79 Å². The highest BCUT2D eigenvalue weighted by Gasteiger charge is 2.25. The van der Waals surface area contributed by atoms with Crippen LogP contribution in [0.3, 0.4) is 0 Å². The van der Waals surface area contributed by atoms with E-state index in [0.717, 1.165) is 30.3 Å². The molecule has 154 valence electrons. The number of anilines is 2. The Hall–Kier alpha value is -3.48. The van der Waals surface area contributed by atoms with Crippen molar-refractivity contribution in [3.05, 3.63) is 60.3 Å². The van der Waals surface area contributed by atoms with Crippen LogP contribution in [0.2, 0.25) is 0 Å². The number of fused-ring (bicyclic) bond motifs is 1. The SMILES string of the molecule is CCC(=O)Nc1ccc(C(=O)N2CCCC(Nc3ncc4ccccc4n3)C2)cc1. The summed E-state index contributed by atoms with van der Waals surface area (Å²) in [5.41, 5.74) is 2.21. The maximum atomic E-state index is 12.9. The molecule has 7 nitrogen and oxygen atoms in total. The summed E-state index contributed by atoms with van der Waals surface area (Å²) in [7, 11) is 0. The Labute approximate surface area is 175 Å². The number of para-hydroxylation sites is 1. The molecule has 0 aliphatic carbocycles. The molecule has 1 unspecified atom stereocenters. The van der Waals surface area contributed by atoms with Crippen LogP contribution in [0.4, 0.5) is 11.6 Å². The van der Waals surface area contributed by atoms with E-state index in [1.807, 2.05) is 35.4 Å². The third-order valence-electron chi connectivity index (χ3n) is 5.27. The second-order valence-electron chi connectivity index (χ2n) is 7.47. The summed E-state index contributed by atoms with van der Waals surface area (Å²) in [6.07, 6.45) is 4.11. The lowest BCUT2D eigenvalue weighted by Gasteiger charge is -2.33. The number of piperidine rings is 1. The van der Waals surface area contributed by atoms with Gasteiger partial charge in [0.05, 0.1) is 5.52 Å². The molecule has 0 radical (unpaired) electrons. The molecule has 1 aromatic heterocycles. The molecule has 30 heavy (non-hydrogen) atoms. The highest BCUT2D eigenvalue weighted by molar-refractivity contribution is 5.96. The Kier molecular flexibility index (Phi) is 5.88. The number of nitrogens with zero attached hydrogens (tertiary/aromatic N) is 3. The van der Waals surface area contributed by atoms with Crippen LogP contribution >= 0.6 is 0 Å². The first-order chi connectivity index (χ1) is 14.6. The van der Waals surface area contributed by atoms with Gasteiger partial charge in [-0.2, -0.15) is 0 Å². The number of benzene rings is 2. The van der Waals surface area contributed by atoms with Crippen molar-refractivity contribution in [2.75, 3.05) is 23.7 Å². The van der Waals surface area contributed by atoms with Crippen molar-refractivity contribution in [3.63, 3.8) is 0 Å². The molecule has 2 aromatic carbocycles. The van der Waals surface area contributed by atoms with Gasteiger partial charge in [-0.15, -0.1) is 0 Å². The van der Waals surface area contributed by atoms with Crippen molar-refractivity contribution in [3.8, 4) is 0 Å². The second kappa shape index (κ2) is 8.90. The van der Waals surface area contributed by atoms with E-state index in [9.17, 15) is 9.59 Å². The first-order valence-corrected chi connectivity index (χ1v) is 10.3. The minimum absolute atomic E-state index is 0.00528. The van der Waals surface area contributed by atoms with Crippen LogP contribution < -0.4 is 10.6 Å². The van der Waals surface area contributed by atoms with Crippen molar-refractivity contribution < 1.29 is 9.59 Å². The molecule has 1 atom stereocenters. The van der Waals surface area contributed by atoms with Gasteiger partial charge < -0.3 is 15.5 Å². The molecule has 0 bridgehead atoms. The van der Waals surface area contributed by atoms with Crippen LogP contribution in [-0.4, -0.2) is 45.8 Å². The van der Waals surface area contributed by atoms with Gasteiger partial charge in [0.25, 0.3) is 5.91 Å². The Morgan fingerprint density at radius 1 is 1.13 bits per heavy atom. The molecule has 1 saturated heterocycles. The van der Waals surface area contributed by atoms with E-state index >= 15 is 0 Å². The summed E-state index contributed by atoms with van der Waals surface area (Å²) in [6.45, 7) is 3.13. The van der Waals surface area contributed by atoms with Gasteiger partial charge in [0.15, 0.2) is 0 Å². The van der Waals surface area contributed by atoms with Gasteiger partial charge in [-0.25, -0.2) is 9.97 Å². The minimum Gasteiger partial charge on any atom is -0.350 e. The molecule has 0 spiro atoms. The normalized spacial score (nSPS) is 16.3. The quantitative estimate of drug-likeness (QED) is 0.678. The summed E-state index contributed by atoms with van der Waals surface area (Å²) < 4.78 is 0. The molecule has 2 N–H and O–H groups in total. The number of nitrogens with one attached hydrogen (secondary N) is 2. The Balaban J connectivity index is 1.40. The van der Waals surface area contributed by atoms with Gasteiger partial charge in [0.2, 0.25) is 11.9 Å². The summed E-state index contributed by atoms with van der Waals surface area (Å²) in [5, 5.41) is 7.18. The van der Waals surface area contributed by atoms with E-state index in [1.54, 1.807) is 31.2 Å². The summed E-state index contributed by atoms with van der Waals surface area (Å²) in [6, 6.07) is 15.0. The van der Waals surface area contributed by atoms with Crippen LogP contribution in [0.15, 0.2) is 54.7 Å². The standard InChI is InChI=1S/C23H25N5O2/c1-2-21(29)25-18-11-9-16(10-12-18)22(30)28-13-5-7-19(15-28)26-23-24-14-17-6-3-4-8-20(17)27-23/h3-4,6,8-12,14,19H,2,5,7,13,15H2,1H3,(H,25,29)(H,24,26,27). The predicted octanol–water partition coefficient (Wildman–Crippen LogP) is 3.70. The van der Waals surface area contributed by atoms with Crippen LogP contribution in [0, 0.1) is 0 Å². The molecule has 2 heterocycles. The molecule has 1 aliphatic heterocycles. The van der Waals surface area contributed by atoms with Gasteiger partial charge in [-0.1, -0.05) is 25.1 Å². The van der Waals surface area contributed by atoms with Gasteiger partial charge in [0.1, 0.15) is 0 Å². The van der Waals surface area contributed by atoms with E-state index in [4.69, 9.17) is 0 Å². The van der Waals surface area contributed by atoms with E-state index in [-0.39, 0.29) is 17.9 Å². The minimum atomic E-state index is -0.0464. The monoisotopic (exact) mass is 403 g/mol. The fourth-order valence-corrected chi connectivity index (χ4v) is 3.63. The number of rotatable bonds is 5. The fraction of sp³-hybridized carbons (Fsp3) is 0.304. The molecule has 2 amide bonds. The fourth-order valence-electron chi connectivity index (χ4n) is 3.63. The van der Waals surface area contributed by atoms with Crippen LogP contribution in [0.5, 0.6) is 0 Å². The number of aromatic nitrogens is 2. The molecule has 0 saturated carbocycles. The van der Waals surface area contributed by atoms with Gasteiger partial charge in [0, 0.05) is 48.4 Å². The first-order valence-electron chi connectivity index (χ1n) is 10.3. The summed E-state index contributed by atoms with van der Waals surface area (Å²) in [4.78, 5) is 35.3. The van der Waals surface area contributed by atoms with Gasteiger partial charge >= 0.3 is 0 Å². The summed E-state index contributed by atoms with van der Waals surface area (Å²) >= 11 is 0.